The Labute approximate surface area is 228 Å². The van der Waals surface area contributed by atoms with Crippen LogP contribution < -0.4 is 15.1 Å². The van der Waals surface area contributed by atoms with Crippen molar-refractivity contribution in [3.63, 3.8) is 0 Å². The summed E-state index contributed by atoms with van der Waals surface area (Å²) in [5.74, 6) is -0.538. The number of benzene rings is 3. The van der Waals surface area contributed by atoms with Gasteiger partial charge in [-0.15, -0.1) is 5.10 Å². The van der Waals surface area contributed by atoms with Crippen LogP contribution in [0.2, 0.25) is 0 Å². The number of nitrogens with one attached hydrogen (secondary N) is 1. The Hall–Kier alpha value is -4.24. The Morgan fingerprint density at radius 2 is 1.74 bits per heavy atom. The number of carbonyl (C=O) groups is 2. The number of para-hydroxylation sites is 1. The van der Waals surface area contributed by atoms with Gasteiger partial charge >= 0.3 is 0 Å². The minimum atomic E-state index is -0.896. The number of aryl methyl sites for hydroxylation is 1. The summed E-state index contributed by atoms with van der Waals surface area (Å²) in [5.41, 5.74) is 4.86. The first kappa shape index (κ1) is 26.4. The Morgan fingerprint density at radius 3 is 2.44 bits per heavy atom. The second-order valence-electron chi connectivity index (χ2n) is 10.1. The fourth-order valence-electron chi connectivity index (χ4n) is 4.87. The summed E-state index contributed by atoms with van der Waals surface area (Å²) in [5, 5.41) is 11.5. The smallest absolute Gasteiger partial charge is 0.249 e. The molecule has 39 heavy (non-hydrogen) atoms. The van der Waals surface area contributed by atoms with Crippen LogP contribution in [0.5, 0.6) is 0 Å². The summed E-state index contributed by atoms with van der Waals surface area (Å²) in [6.07, 6.45) is 1.87. The van der Waals surface area contributed by atoms with E-state index in [-0.39, 0.29) is 24.5 Å². The minimum absolute atomic E-state index is 0.0178. The van der Waals surface area contributed by atoms with Crippen LogP contribution in [0.1, 0.15) is 30.0 Å². The zero-order valence-corrected chi connectivity index (χ0v) is 22.6. The normalized spacial score (nSPS) is 15.7. The molecule has 1 aliphatic rings. The Balaban J connectivity index is 1.54. The van der Waals surface area contributed by atoms with E-state index in [0.717, 1.165) is 29.6 Å². The molecule has 9 heteroatoms. The summed E-state index contributed by atoms with van der Waals surface area (Å²) in [6, 6.07) is 22.0. The highest BCUT2D eigenvalue weighted by molar-refractivity contribution is 6.01. The molecule has 0 bridgehead atoms. The third kappa shape index (κ3) is 5.93. The van der Waals surface area contributed by atoms with Gasteiger partial charge in [0, 0.05) is 38.6 Å². The molecule has 2 atom stereocenters. The third-order valence-electron chi connectivity index (χ3n) is 7.05. The van der Waals surface area contributed by atoms with Crippen molar-refractivity contribution < 1.29 is 14.3 Å². The fourth-order valence-corrected chi connectivity index (χ4v) is 4.87. The maximum atomic E-state index is 14.1. The molecular weight excluding hydrogens is 492 g/mol. The molecular formula is C30H34N6O3. The van der Waals surface area contributed by atoms with E-state index in [1.807, 2.05) is 98.7 Å². The average molecular weight is 527 g/mol. The van der Waals surface area contributed by atoms with Crippen LogP contribution in [0.25, 0.3) is 11.0 Å². The quantitative estimate of drug-likeness (QED) is 0.356. The molecule has 1 aliphatic heterocycles. The molecule has 2 heterocycles. The van der Waals surface area contributed by atoms with Crippen LogP contribution in [-0.2, 0) is 20.9 Å². The van der Waals surface area contributed by atoms with E-state index in [1.165, 1.54) is 0 Å². The summed E-state index contributed by atoms with van der Waals surface area (Å²) in [4.78, 5) is 31.6. The van der Waals surface area contributed by atoms with Gasteiger partial charge in [0.2, 0.25) is 11.8 Å². The average Bonchev–Trinajstić information content (AvgIpc) is 3.61. The van der Waals surface area contributed by atoms with E-state index < -0.39 is 6.04 Å². The number of nitrogens with zero attached hydrogens (tertiary/aromatic N) is 5. The molecule has 2 unspecified atom stereocenters. The van der Waals surface area contributed by atoms with Gasteiger partial charge in [0.1, 0.15) is 18.1 Å². The molecule has 3 aromatic carbocycles. The number of hydrogen-bond donors (Lipinski definition) is 1. The Morgan fingerprint density at radius 1 is 1.03 bits per heavy atom. The predicted octanol–water partition coefficient (Wildman–Crippen LogP) is 3.88. The number of rotatable bonds is 9. The monoisotopic (exact) mass is 526 g/mol. The standard InChI is InChI=1S/C30H34N6O3/c1-21-10-14-24(15-11-21)36(28(37)20-35-27-9-5-4-8-26(27)32-33-35)29(22-12-16-23(17-13-22)34(2)3)30(38)31-19-25-7-6-18-39-25/h4-5,8-17,25,29H,6-7,18-20H2,1-3H3,(H,31,38). The molecule has 1 saturated heterocycles. The molecule has 2 amide bonds. The molecule has 1 aromatic heterocycles. The maximum Gasteiger partial charge on any atom is 0.249 e. The van der Waals surface area contributed by atoms with Gasteiger partial charge in [-0.05, 0) is 61.7 Å². The maximum absolute atomic E-state index is 14.1. The largest absolute Gasteiger partial charge is 0.378 e. The highest BCUT2D eigenvalue weighted by Crippen LogP contribution is 2.30. The molecule has 1 fully saturated rings. The van der Waals surface area contributed by atoms with E-state index in [1.54, 1.807) is 9.58 Å². The molecule has 202 valence electrons. The van der Waals surface area contributed by atoms with Gasteiger partial charge < -0.3 is 15.0 Å². The van der Waals surface area contributed by atoms with Gasteiger partial charge in [0.15, 0.2) is 0 Å². The van der Waals surface area contributed by atoms with Crippen molar-refractivity contribution >= 4 is 34.2 Å². The SMILES string of the molecule is Cc1ccc(N(C(=O)Cn2nnc3ccccc32)C(C(=O)NCC2CCCO2)c2ccc(N(C)C)cc2)cc1. The van der Waals surface area contributed by atoms with Gasteiger partial charge in [-0.2, -0.15) is 0 Å². The van der Waals surface area contributed by atoms with E-state index in [9.17, 15) is 9.59 Å². The number of anilines is 2. The lowest BCUT2D eigenvalue weighted by atomic mass is 10.0. The molecule has 0 radical (unpaired) electrons. The van der Waals surface area contributed by atoms with Crippen molar-refractivity contribution in [2.45, 2.75) is 38.5 Å². The fraction of sp³-hybridized carbons (Fsp3) is 0.333. The van der Waals surface area contributed by atoms with Crippen LogP contribution in [0.3, 0.4) is 0 Å². The van der Waals surface area contributed by atoms with Crippen molar-refractivity contribution in [1.82, 2.24) is 20.3 Å². The molecule has 5 rings (SSSR count). The number of fused-ring (bicyclic) bond motifs is 1. The van der Waals surface area contributed by atoms with Crippen LogP contribution in [0.15, 0.2) is 72.8 Å². The van der Waals surface area contributed by atoms with E-state index in [4.69, 9.17) is 4.74 Å². The number of ether oxygens (including phenoxy) is 1. The first-order valence-corrected chi connectivity index (χ1v) is 13.2. The van der Waals surface area contributed by atoms with E-state index >= 15 is 0 Å². The summed E-state index contributed by atoms with van der Waals surface area (Å²) >= 11 is 0. The second-order valence-corrected chi connectivity index (χ2v) is 10.1. The molecule has 0 spiro atoms. The van der Waals surface area contributed by atoms with E-state index in [2.05, 4.69) is 15.6 Å². The van der Waals surface area contributed by atoms with Crippen molar-refractivity contribution in [1.29, 1.82) is 0 Å². The first-order chi connectivity index (χ1) is 18.9. The van der Waals surface area contributed by atoms with E-state index in [0.29, 0.717) is 29.9 Å². The lowest BCUT2D eigenvalue weighted by Gasteiger charge is -2.32. The number of carbonyl (C=O) groups excluding carboxylic acids is 2. The molecule has 4 aromatic rings. The molecule has 0 aliphatic carbocycles. The van der Waals surface area contributed by atoms with Crippen LogP contribution in [-0.4, -0.2) is 60.2 Å². The first-order valence-electron chi connectivity index (χ1n) is 13.2. The zero-order valence-electron chi connectivity index (χ0n) is 22.6. The van der Waals surface area contributed by atoms with Crippen LogP contribution in [0.4, 0.5) is 11.4 Å². The lowest BCUT2D eigenvalue weighted by molar-refractivity contribution is -0.127. The molecule has 1 N–H and O–H groups in total. The topological polar surface area (TPSA) is 92.6 Å². The van der Waals surface area contributed by atoms with Crippen LogP contribution in [0, 0.1) is 6.92 Å². The number of aromatic nitrogens is 3. The Bertz CT molecular complexity index is 1430. The molecule has 9 nitrogen and oxygen atoms in total. The van der Waals surface area contributed by atoms with Gasteiger partial charge in [-0.3, -0.25) is 14.5 Å². The van der Waals surface area contributed by atoms with Crippen molar-refractivity contribution in [2.75, 3.05) is 37.0 Å². The number of hydrogen-bond acceptors (Lipinski definition) is 6. The number of amides is 2. The summed E-state index contributed by atoms with van der Waals surface area (Å²) < 4.78 is 7.31. The summed E-state index contributed by atoms with van der Waals surface area (Å²) in [7, 11) is 3.93. The summed E-state index contributed by atoms with van der Waals surface area (Å²) in [6.45, 7) is 3.02. The third-order valence-corrected chi connectivity index (χ3v) is 7.05. The Kier molecular flexibility index (Phi) is 7.88. The highest BCUT2D eigenvalue weighted by atomic mass is 16.5. The molecule has 0 saturated carbocycles. The predicted molar refractivity (Wildman–Crippen MR) is 152 cm³/mol. The highest BCUT2D eigenvalue weighted by Gasteiger charge is 2.34. The van der Waals surface area contributed by atoms with Crippen LogP contribution >= 0.6 is 0 Å². The zero-order chi connectivity index (χ0) is 27.4. The van der Waals surface area contributed by atoms with Crippen molar-refractivity contribution in [3.05, 3.63) is 83.9 Å². The van der Waals surface area contributed by atoms with Gasteiger partial charge in [-0.25, -0.2) is 4.68 Å². The second kappa shape index (κ2) is 11.7. The van der Waals surface area contributed by atoms with Gasteiger partial charge in [0.05, 0.1) is 11.6 Å². The van der Waals surface area contributed by atoms with Gasteiger partial charge in [0.25, 0.3) is 0 Å². The van der Waals surface area contributed by atoms with Crippen molar-refractivity contribution in [3.8, 4) is 0 Å². The van der Waals surface area contributed by atoms with Crippen molar-refractivity contribution in [2.24, 2.45) is 0 Å². The minimum Gasteiger partial charge on any atom is -0.378 e. The van der Waals surface area contributed by atoms with Gasteiger partial charge in [-0.1, -0.05) is 47.2 Å². The lowest BCUT2D eigenvalue weighted by Crippen LogP contribution is -2.46.